The van der Waals surface area contributed by atoms with Crippen LogP contribution in [0.25, 0.3) is 0 Å². The maximum atomic E-state index is 11.7. The lowest BCUT2D eigenvalue weighted by Gasteiger charge is -2.13. The summed E-state index contributed by atoms with van der Waals surface area (Å²) in [6.07, 6.45) is 1.78. The van der Waals surface area contributed by atoms with Crippen molar-refractivity contribution in [1.29, 1.82) is 0 Å². The third kappa shape index (κ3) is 5.20. The fraction of sp³-hybridized carbons (Fsp3) is 0.462. The van der Waals surface area contributed by atoms with Crippen LogP contribution in [0, 0.1) is 0 Å². The number of hydrogen-bond donors (Lipinski definition) is 2. The summed E-state index contributed by atoms with van der Waals surface area (Å²) in [5.74, 6) is -0.0384. The van der Waals surface area contributed by atoms with E-state index in [1.807, 2.05) is 25.1 Å². The lowest BCUT2D eigenvalue weighted by atomic mass is 10.1. The first-order valence-corrected chi connectivity index (χ1v) is 6.15. The number of aliphatic hydroxyl groups is 1. The van der Waals surface area contributed by atoms with E-state index in [2.05, 4.69) is 5.32 Å². The van der Waals surface area contributed by atoms with Gasteiger partial charge in [0.05, 0.1) is 6.42 Å². The summed E-state index contributed by atoms with van der Waals surface area (Å²) in [5, 5.41) is 12.2. The number of benzene rings is 1. The van der Waals surface area contributed by atoms with Crippen LogP contribution in [-0.4, -0.2) is 23.7 Å². The predicted molar refractivity (Wildman–Crippen MR) is 69.1 cm³/mol. The largest absolute Gasteiger partial charge is 0.396 e. The van der Waals surface area contributed by atoms with Gasteiger partial charge >= 0.3 is 0 Å². The monoisotopic (exact) mass is 255 g/mol. The van der Waals surface area contributed by atoms with E-state index in [9.17, 15) is 4.79 Å². The van der Waals surface area contributed by atoms with Crippen LogP contribution in [0.2, 0.25) is 5.02 Å². The molecule has 3 nitrogen and oxygen atoms in total. The van der Waals surface area contributed by atoms with Crippen LogP contribution in [0.4, 0.5) is 0 Å². The highest BCUT2D eigenvalue weighted by molar-refractivity contribution is 6.31. The summed E-state index contributed by atoms with van der Waals surface area (Å²) in [6.45, 7) is 2.09. The number of aliphatic hydroxyl groups excluding tert-OH is 1. The minimum absolute atomic E-state index is 0.0384. The van der Waals surface area contributed by atoms with E-state index in [1.165, 1.54) is 0 Å². The van der Waals surface area contributed by atoms with Gasteiger partial charge in [-0.3, -0.25) is 4.79 Å². The van der Waals surface area contributed by atoms with Crippen LogP contribution in [0.1, 0.15) is 25.3 Å². The summed E-state index contributed by atoms with van der Waals surface area (Å²) < 4.78 is 0. The van der Waals surface area contributed by atoms with Crippen molar-refractivity contribution >= 4 is 17.5 Å². The Balaban J connectivity index is 2.42. The molecule has 1 unspecified atom stereocenters. The van der Waals surface area contributed by atoms with Gasteiger partial charge in [0, 0.05) is 17.7 Å². The molecule has 94 valence electrons. The molecule has 0 aliphatic rings. The topological polar surface area (TPSA) is 49.3 Å². The van der Waals surface area contributed by atoms with Crippen molar-refractivity contribution in [3.63, 3.8) is 0 Å². The summed E-state index contributed by atoms with van der Waals surface area (Å²) >= 11 is 5.98. The maximum absolute atomic E-state index is 11.7. The molecule has 0 fully saturated rings. The van der Waals surface area contributed by atoms with Crippen molar-refractivity contribution in [3.8, 4) is 0 Å². The second-order valence-electron chi connectivity index (χ2n) is 4.10. The Bertz CT molecular complexity index is 368. The van der Waals surface area contributed by atoms with Crippen LogP contribution in [0.5, 0.6) is 0 Å². The van der Waals surface area contributed by atoms with Gasteiger partial charge in [0.1, 0.15) is 0 Å². The van der Waals surface area contributed by atoms with Crippen molar-refractivity contribution in [2.24, 2.45) is 0 Å². The molecule has 4 heteroatoms. The molecule has 1 atom stereocenters. The first kappa shape index (κ1) is 14.0. The van der Waals surface area contributed by atoms with Crippen LogP contribution in [-0.2, 0) is 11.2 Å². The Hall–Kier alpha value is -1.06. The zero-order valence-electron chi connectivity index (χ0n) is 9.95. The van der Waals surface area contributed by atoms with E-state index in [0.29, 0.717) is 17.9 Å². The van der Waals surface area contributed by atoms with Crippen molar-refractivity contribution < 1.29 is 9.90 Å². The van der Waals surface area contributed by atoms with E-state index < -0.39 is 0 Å². The molecule has 0 aliphatic heterocycles. The smallest absolute Gasteiger partial charge is 0.224 e. The van der Waals surface area contributed by atoms with Crippen molar-refractivity contribution in [1.82, 2.24) is 5.32 Å². The van der Waals surface area contributed by atoms with Gasteiger partial charge in [-0.05, 0) is 31.4 Å². The average molecular weight is 256 g/mol. The standard InChI is InChI=1S/C13H18ClNO2/c1-10(5-4-8-16)15-13(17)9-11-6-2-3-7-12(11)14/h2-3,6-7,10,16H,4-5,8-9H2,1H3,(H,15,17). The van der Waals surface area contributed by atoms with Gasteiger partial charge in [-0.25, -0.2) is 0 Å². The van der Waals surface area contributed by atoms with Gasteiger partial charge in [0.25, 0.3) is 0 Å². The zero-order valence-corrected chi connectivity index (χ0v) is 10.7. The first-order valence-electron chi connectivity index (χ1n) is 5.77. The molecule has 0 radical (unpaired) electrons. The first-order chi connectivity index (χ1) is 8.13. The van der Waals surface area contributed by atoms with Crippen LogP contribution < -0.4 is 5.32 Å². The predicted octanol–water partition coefficient (Wildman–Crippen LogP) is 2.16. The molecule has 17 heavy (non-hydrogen) atoms. The molecule has 2 N–H and O–H groups in total. The highest BCUT2D eigenvalue weighted by Gasteiger charge is 2.09. The lowest BCUT2D eigenvalue weighted by Crippen LogP contribution is -2.33. The number of nitrogens with one attached hydrogen (secondary N) is 1. The van der Waals surface area contributed by atoms with Crippen molar-refractivity contribution in [3.05, 3.63) is 34.9 Å². The number of amides is 1. The number of halogens is 1. The molecule has 0 bridgehead atoms. The fourth-order valence-electron chi connectivity index (χ4n) is 1.61. The van der Waals surface area contributed by atoms with Crippen molar-refractivity contribution in [2.75, 3.05) is 6.61 Å². The summed E-state index contributed by atoms with van der Waals surface area (Å²) in [5.41, 5.74) is 0.834. The van der Waals surface area contributed by atoms with Gasteiger partial charge in [-0.2, -0.15) is 0 Å². The van der Waals surface area contributed by atoms with E-state index in [1.54, 1.807) is 6.07 Å². The number of carbonyl (C=O) groups is 1. The fourth-order valence-corrected chi connectivity index (χ4v) is 1.81. The number of hydrogen-bond acceptors (Lipinski definition) is 2. The molecule has 0 aromatic heterocycles. The Morgan fingerprint density at radius 3 is 2.82 bits per heavy atom. The summed E-state index contributed by atoms with van der Waals surface area (Å²) in [4.78, 5) is 11.7. The third-order valence-corrected chi connectivity index (χ3v) is 2.88. The molecular weight excluding hydrogens is 238 g/mol. The lowest BCUT2D eigenvalue weighted by molar-refractivity contribution is -0.121. The zero-order chi connectivity index (χ0) is 12.7. The molecule has 1 rings (SSSR count). The average Bonchev–Trinajstić information content (AvgIpc) is 2.29. The molecule has 0 heterocycles. The Kier molecular flexibility index (Phi) is 6.01. The molecule has 1 aromatic rings. The summed E-state index contributed by atoms with van der Waals surface area (Å²) in [6, 6.07) is 7.41. The Labute approximate surface area is 107 Å². The molecule has 0 saturated carbocycles. The van der Waals surface area contributed by atoms with Gasteiger partial charge in [0.15, 0.2) is 0 Å². The minimum Gasteiger partial charge on any atom is -0.396 e. The van der Waals surface area contributed by atoms with Crippen LogP contribution >= 0.6 is 11.6 Å². The van der Waals surface area contributed by atoms with Gasteiger partial charge < -0.3 is 10.4 Å². The highest BCUT2D eigenvalue weighted by Crippen LogP contribution is 2.15. The van der Waals surface area contributed by atoms with E-state index in [-0.39, 0.29) is 18.6 Å². The van der Waals surface area contributed by atoms with Gasteiger partial charge in [0.2, 0.25) is 5.91 Å². The van der Waals surface area contributed by atoms with Crippen LogP contribution in [0.15, 0.2) is 24.3 Å². The second-order valence-corrected chi connectivity index (χ2v) is 4.51. The van der Waals surface area contributed by atoms with Gasteiger partial charge in [-0.15, -0.1) is 0 Å². The Morgan fingerprint density at radius 2 is 2.18 bits per heavy atom. The maximum Gasteiger partial charge on any atom is 0.224 e. The van der Waals surface area contributed by atoms with Crippen LogP contribution in [0.3, 0.4) is 0 Å². The normalized spacial score (nSPS) is 12.2. The van der Waals surface area contributed by atoms with Crippen molar-refractivity contribution in [2.45, 2.75) is 32.2 Å². The quantitative estimate of drug-likeness (QED) is 0.819. The molecule has 0 saturated heterocycles. The molecule has 0 aliphatic carbocycles. The summed E-state index contributed by atoms with van der Waals surface area (Å²) in [7, 11) is 0. The molecule has 1 aromatic carbocycles. The molecule has 1 amide bonds. The SMILES string of the molecule is CC(CCCO)NC(=O)Cc1ccccc1Cl. The Morgan fingerprint density at radius 1 is 1.47 bits per heavy atom. The highest BCUT2D eigenvalue weighted by atomic mass is 35.5. The molecule has 0 spiro atoms. The van der Waals surface area contributed by atoms with E-state index >= 15 is 0 Å². The van der Waals surface area contributed by atoms with E-state index in [0.717, 1.165) is 12.0 Å². The number of rotatable bonds is 6. The minimum atomic E-state index is -0.0384. The molecular formula is C13H18ClNO2. The van der Waals surface area contributed by atoms with Gasteiger partial charge in [-0.1, -0.05) is 29.8 Å². The third-order valence-electron chi connectivity index (χ3n) is 2.51. The van der Waals surface area contributed by atoms with E-state index in [4.69, 9.17) is 16.7 Å². The second kappa shape index (κ2) is 7.30. The number of carbonyl (C=O) groups excluding carboxylic acids is 1.